The van der Waals surface area contributed by atoms with Gasteiger partial charge in [0.2, 0.25) is 0 Å². The van der Waals surface area contributed by atoms with Gasteiger partial charge in [0.25, 0.3) is 6.71 Å². The topological polar surface area (TPSA) is 65.0 Å². The number of hydrogen-bond acceptors (Lipinski definition) is 8. The van der Waals surface area contributed by atoms with Crippen LogP contribution in [0.4, 0.5) is 68.8 Å². The Hall–Kier alpha value is -9.86. The first-order valence-electron chi connectivity index (χ1n) is 32.9. The van der Waals surface area contributed by atoms with Gasteiger partial charge in [-0.3, -0.25) is 19.6 Å². The van der Waals surface area contributed by atoms with Crippen LogP contribution in [0.5, 0.6) is 0 Å². The highest BCUT2D eigenvalue weighted by Crippen LogP contribution is 2.51. The van der Waals surface area contributed by atoms with Gasteiger partial charge in [-0.05, 0) is 168 Å². The summed E-state index contributed by atoms with van der Waals surface area (Å²) in [6.07, 6.45) is 0. The van der Waals surface area contributed by atoms with Crippen LogP contribution in [0.25, 0.3) is 43.9 Å². The van der Waals surface area contributed by atoms with Crippen LogP contribution in [-0.4, -0.2) is 16.7 Å². The number of benzene rings is 9. The van der Waals surface area contributed by atoms with Crippen molar-refractivity contribution in [2.75, 3.05) is 19.6 Å². The van der Waals surface area contributed by atoms with Crippen molar-refractivity contribution in [2.45, 2.75) is 131 Å². The number of aromatic nitrogens is 2. The van der Waals surface area contributed by atoms with Crippen LogP contribution in [0.1, 0.15) is 132 Å². The van der Waals surface area contributed by atoms with Gasteiger partial charge in [0, 0.05) is 55.7 Å². The first-order chi connectivity index (χ1) is 44.3. The maximum absolute atomic E-state index is 7.12. The molecule has 13 aromatic rings. The average Bonchev–Trinajstić information content (AvgIpc) is 1.12. The summed E-state index contributed by atoms with van der Waals surface area (Å²) in [6.45, 7) is 33.9. The summed E-state index contributed by atoms with van der Waals surface area (Å²) in [5.74, 6) is 3.18. The zero-order chi connectivity index (χ0) is 64.8. The van der Waals surface area contributed by atoms with E-state index in [1.807, 2.05) is 0 Å². The first kappa shape index (κ1) is 59.5. The molecule has 2 aliphatic rings. The van der Waals surface area contributed by atoms with E-state index in [2.05, 4.69) is 342 Å². The molecule has 2 aliphatic heterocycles. The van der Waals surface area contributed by atoms with Gasteiger partial charge in [-0.2, -0.15) is 0 Å². The molecule has 93 heavy (non-hydrogen) atoms. The minimum Gasteiger partial charge on any atom is -0.454 e. The van der Waals surface area contributed by atoms with Gasteiger partial charge in [0.1, 0.15) is 34.4 Å². The smallest absolute Gasteiger partial charge is 0.256 e. The molecule has 15 rings (SSSR count). The van der Waals surface area contributed by atoms with Gasteiger partial charge in [0.15, 0.2) is 11.2 Å². The number of nitrogens with zero attached hydrogens (tertiary/aromatic N) is 6. The fraction of sp³-hybridized carbons (Fsp3) is 0.238. The number of pyridine rings is 2. The van der Waals surface area contributed by atoms with Crippen LogP contribution >= 0.6 is 0 Å². The maximum Gasteiger partial charge on any atom is 0.256 e. The summed E-state index contributed by atoms with van der Waals surface area (Å²) in [4.78, 5) is 21.7. The average molecular weight is 1220 g/mol. The molecule has 0 aliphatic carbocycles. The second-order valence-electron chi connectivity index (χ2n) is 30.8. The normalized spacial score (nSPS) is 13.5. The lowest BCUT2D eigenvalue weighted by Crippen LogP contribution is -2.62. The van der Waals surface area contributed by atoms with Crippen LogP contribution in [0.15, 0.2) is 227 Å². The van der Waals surface area contributed by atoms with E-state index in [4.69, 9.17) is 18.8 Å². The molecule has 0 spiro atoms. The SMILES string of the molecule is CC(C)(C)c1ccc(N(c2ccc(C(C)(C)C)cc2)c2ccc3c(n2)N(c2cccc4c2oc2ccccc24)c2cc(C(C)(C)C)cc4c2B3c2ccc(N(c3ccc(C(C)(C)C)cc3)c3ccc(C(C)(C)C)cc3)nc2N4c2cccc3c2oc2ccccc23)cc1. The van der Waals surface area contributed by atoms with E-state index < -0.39 is 0 Å². The van der Waals surface area contributed by atoms with Crippen molar-refractivity contribution in [3.63, 3.8) is 0 Å². The van der Waals surface area contributed by atoms with E-state index in [-0.39, 0.29) is 33.8 Å². The Kier molecular flexibility index (Phi) is 13.7. The lowest BCUT2D eigenvalue weighted by Gasteiger charge is -2.44. The van der Waals surface area contributed by atoms with Crippen LogP contribution < -0.4 is 36.0 Å². The van der Waals surface area contributed by atoms with Gasteiger partial charge < -0.3 is 8.83 Å². The molecule has 6 heterocycles. The van der Waals surface area contributed by atoms with Gasteiger partial charge in [-0.25, -0.2) is 9.97 Å². The number of hydrogen-bond donors (Lipinski definition) is 0. The standard InChI is InChI=1S/C84H81BN6O2/c1-80(2,3)52-30-38-57(39-31-52)88(58-40-32-53(33-41-58)81(4,5)6)73-48-46-65-78(86-73)90(67-26-20-24-63-61-22-16-18-28-71(61)92-76(63)67)69-50-56(84(13,14)15)51-70-75(69)85(65)66-47-49-74(87-79(66)91(70)68-27-21-25-64-62-23-17-19-29-72(62)93-77(64)68)89(59-42-34-54(35-43-59)82(7,8)9)60-44-36-55(37-45-60)83(10,11)12/h16-51H,1-15H3. The molecule has 462 valence electrons. The molecule has 8 nitrogen and oxygen atoms in total. The largest absolute Gasteiger partial charge is 0.454 e. The molecule has 0 saturated heterocycles. The third-order valence-electron chi connectivity index (χ3n) is 19.3. The number of para-hydroxylation sites is 4. The minimum absolute atomic E-state index is 0.0358. The zero-order valence-electron chi connectivity index (χ0n) is 56.4. The number of rotatable bonds is 8. The van der Waals surface area contributed by atoms with Crippen LogP contribution in [0.3, 0.4) is 0 Å². The maximum atomic E-state index is 7.12. The molecular weight excluding hydrogens is 1140 g/mol. The van der Waals surface area contributed by atoms with Crippen molar-refractivity contribution in [2.24, 2.45) is 0 Å². The molecule has 0 bridgehead atoms. The lowest BCUT2D eigenvalue weighted by molar-refractivity contribution is 0.590. The monoisotopic (exact) mass is 1220 g/mol. The molecule has 9 aromatic carbocycles. The van der Waals surface area contributed by atoms with E-state index >= 15 is 0 Å². The fourth-order valence-corrected chi connectivity index (χ4v) is 14.0. The van der Waals surface area contributed by atoms with Crippen molar-refractivity contribution >= 4 is 136 Å². The van der Waals surface area contributed by atoms with Crippen LogP contribution in [-0.2, 0) is 27.1 Å². The van der Waals surface area contributed by atoms with E-state index in [0.717, 1.165) is 135 Å². The van der Waals surface area contributed by atoms with Gasteiger partial charge in [-0.1, -0.05) is 225 Å². The molecule has 0 fully saturated rings. The second kappa shape index (κ2) is 21.4. The predicted octanol–water partition coefficient (Wildman–Crippen LogP) is 21.8. The summed E-state index contributed by atoms with van der Waals surface area (Å²) in [6, 6.07) is 80.1. The van der Waals surface area contributed by atoms with E-state index in [9.17, 15) is 0 Å². The Labute approximate surface area is 548 Å². The third kappa shape index (κ3) is 10.1. The predicted molar refractivity (Wildman–Crippen MR) is 393 cm³/mol. The Balaban J connectivity index is 1.04. The molecule has 0 atom stereocenters. The first-order valence-corrected chi connectivity index (χ1v) is 32.9. The molecule has 0 amide bonds. The quantitative estimate of drug-likeness (QED) is 0.139. The lowest BCUT2D eigenvalue weighted by atomic mass is 9.34. The highest BCUT2D eigenvalue weighted by Gasteiger charge is 2.47. The third-order valence-corrected chi connectivity index (χ3v) is 19.3. The highest BCUT2D eigenvalue weighted by molar-refractivity contribution is 7.00. The van der Waals surface area contributed by atoms with Gasteiger partial charge in [0.05, 0.1) is 11.4 Å². The molecular formula is C84H81BN6O2. The van der Waals surface area contributed by atoms with Crippen molar-refractivity contribution in [1.29, 1.82) is 0 Å². The summed E-state index contributed by atoms with van der Waals surface area (Å²) in [7, 11) is 0. The van der Waals surface area contributed by atoms with Crippen molar-refractivity contribution in [1.82, 2.24) is 9.97 Å². The van der Waals surface area contributed by atoms with E-state index in [0.29, 0.717) is 0 Å². The molecule has 4 aromatic heterocycles. The zero-order valence-corrected chi connectivity index (χ0v) is 56.4. The summed E-state index contributed by atoms with van der Waals surface area (Å²) in [5.41, 5.74) is 20.0. The molecule has 0 radical (unpaired) electrons. The summed E-state index contributed by atoms with van der Waals surface area (Å²) >= 11 is 0. The highest BCUT2D eigenvalue weighted by atomic mass is 16.3. The number of furan rings is 2. The van der Waals surface area contributed by atoms with Crippen molar-refractivity contribution < 1.29 is 8.83 Å². The number of fused-ring (bicyclic) bond motifs is 10. The van der Waals surface area contributed by atoms with Crippen LogP contribution in [0.2, 0.25) is 0 Å². The fourth-order valence-electron chi connectivity index (χ4n) is 14.0. The van der Waals surface area contributed by atoms with E-state index in [1.54, 1.807) is 0 Å². The van der Waals surface area contributed by atoms with E-state index in [1.165, 1.54) is 22.3 Å². The Morgan fingerprint density at radius 2 is 0.624 bits per heavy atom. The molecule has 0 saturated carbocycles. The van der Waals surface area contributed by atoms with Crippen molar-refractivity contribution in [3.05, 3.63) is 246 Å². The molecule has 0 unspecified atom stereocenters. The summed E-state index contributed by atoms with van der Waals surface area (Å²) < 4.78 is 14.2. The Bertz CT molecular complexity index is 4640. The second-order valence-corrected chi connectivity index (χ2v) is 30.8. The van der Waals surface area contributed by atoms with Crippen LogP contribution in [0, 0.1) is 0 Å². The number of anilines is 12. The Morgan fingerprint density at radius 1 is 0.312 bits per heavy atom. The van der Waals surface area contributed by atoms with Gasteiger partial charge in [-0.15, -0.1) is 0 Å². The van der Waals surface area contributed by atoms with Crippen molar-refractivity contribution in [3.8, 4) is 0 Å². The summed E-state index contributed by atoms with van der Waals surface area (Å²) in [5, 5.41) is 4.19. The molecule has 9 heteroatoms. The molecule has 0 N–H and O–H groups in total. The van der Waals surface area contributed by atoms with Gasteiger partial charge >= 0.3 is 0 Å². The minimum atomic E-state index is -0.342. The Morgan fingerprint density at radius 3 is 0.946 bits per heavy atom.